The van der Waals surface area contributed by atoms with Crippen molar-refractivity contribution in [1.29, 1.82) is 0 Å². The van der Waals surface area contributed by atoms with Gasteiger partial charge in [0.2, 0.25) is 5.88 Å². The third-order valence-electron chi connectivity index (χ3n) is 2.61. The lowest BCUT2D eigenvalue weighted by Crippen LogP contribution is -2.29. The molecule has 2 rings (SSSR count). The predicted octanol–water partition coefficient (Wildman–Crippen LogP) is 3.04. The minimum atomic E-state index is -4.94. The van der Waals surface area contributed by atoms with E-state index in [9.17, 15) is 18.0 Å². The first kappa shape index (κ1) is 15.7. The van der Waals surface area contributed by atoms with Gasteiger partial charge in [-0.05, 0) is 25.1 Å². The summed E-state index contributed by atoms with van der Waals surface area (Å²) in [6.45, 7) is 2.26. The first-order chi connectivity index (χ1) is 10.4. The number of ether oxygens (including phenoxy) is 1. The lowest BCUT2D eigenvalue weighted by atomic mass is 10.1. The number of carbonyl (C=O) groups is 1. The molecule has 5 nitrogen and oxygen atoms in total. The van der Waals surface area contributed by atoms with Crippen molar-refractivity contribution in [3.05, 3.63) is 36.4 Å². The number of halogens is 3. The monoisotopic (exact) mass is 311 g/mol. The van der Waals surface area contributed by atoms with Gasteiger partial charge in [0.15, 0.2) is 0 Å². The van der Waals surface area contributed by atoms with Crippen LogP contribution in [0.4, 0.5) is 18.9 Å². The van der Waals surface area contributed by atoms with Crippen molar-refractivity contribution in [1.82, 2.24) is 10.2 Å². The Morgan fingerprint density at radius 3 is 2.59 bits per heavy atom. The van der Waals surface area contributed by atoms with Crippen molar-refractivity contribution >= 4 is 11.6 Å². The molecule has 8 heteroatoms. The molecular weight excluding hydrogens is 299 g/mol. The molecule has 0 saturated heterocycles. The van der Waals surface area contributed by atoms with Gasteiger partial charge in [-0.2, -0.15) is 13.2 Å². The van der Waals surface area contributed by atoms with Gasteiger partial charge in [0.25, 0.3) is 0 Å². The van der Waals surface area contributed by atoms with Gasteiger partial charge in [-0.15, -0.1) is 10.2 Å². The average molecular weight is 311 g/mol. The summed E-state index contributed by atoms with van der Waals surface area (Å²) in [4.78, 5) is 10.9. The van der Waals surface area contributed by atoms with Crippen LogP contribution in [0.1, 0.15) is 6.92 Å². The maximum Gasteiger partial charge on any atom is 0.471 e. The SMILES string of the molecule is CCOc1ccc(-c2cccc(NC(=O)C(F)(F)F)c2)nn1. The van der Waals surface area contributed by atoms with Crippen LogP contribution >= 0.6 is 0 Å². The number of carbonyl (C=O) groups excluding carboxylic acids is 1. The molecule has 22 heavy (non-hydrogen) atoms. The van der Waals surface area contributed by atoms with Crippen LogP contribution in [0.2, 0.25) is 0 Å². The minimum absolute atomic E-state index is 0.0236. The molecule has 0 radical (unpaired) electrons. The zero-order chi connectivity index (χ0) is 16.2. The van der Waals surface area contributed by atoms with Crippen LogP contribution in [0.25, 0.3) is 11.3 Å². The van der Waals surface area contributed by atoms with E-state index in [0.29, 0.717) is 23.7 Å². The Bertz CT molecular complexity index is 657. The van der Waals surface area contributed by atoms with Gasteiger partial charge in [-0.1, -0.05) is 12.1 Å². The second-order valence-electron chi connectivity index (χ2n) is 4.22. The van der Waals surface area contributed by atoms with Gasteiger partial charge in [0.05, 0.1) is 12.3 Å². The predicted molar refractivity (Wildman–Crippen MR) is 73.3 cm³/mol. The number of nitrogens with one attached hydrogen (secondary N) is 1. The largest absolute Gasteiger partial charge is 0.477 e. The molecule has 1 N–H and O–H groups in total. The third-order valence-corrected chi connectivity index (χ3v) is 2.61. The maximum atomic E-state index is 12.2. The second-order valence-corrected chi connectivity index (χ2v) is 4.22. The van der Waals surface area contributed by atoms with Crippen LogP contribution in [0, 0.1) is 0 Å². The molecule has 1 aromatic carbocycles. The molecular formula is C14H12F3N3O2. The van der Waals surface area contributed by atoms with Gasteiger partial charge in [-0.3, -0.25) is 4.79 Å². The minimum Gasteiger partial charge on any atom is -0.477 e. The fraction of sp³-hybridized carbons (Fsp3) is 0.214. The molecule has 0 aliphatic rings. The third kappa shape index (κ3) is 3.94. The molecule has 0 aliphatic carbocycles. The summed E-state index contributed by atoms with van der Waals surface area (Å²) in [5, 5.41) is 9.55. The highest BCUT2D eigenvalue weighted by molar-refractivity contribution is 5.95. The Labute approximate surface area is 124 Å². The second kappa shape index (κ2) is 6.42. The standard InChI is InChI=1S/C14H12F3N3O2/c1-2-22-12-7-6-11(19-20-12)9-4-3-5-10(8-9)18-13(21)14(15,16)17/h3-8H,2H2,1H3,(H,18,21). The molecule has 0 aliphatic heterocycles. The Hall–Kier alpha value is -2.64. The van der Waals surface area contributed by atoms with E-state index in [-0.39, 0.29) is 5.69 Å². The van der Waals surface area contributed by atoms with E-state index in [2.05, 4.69) is 10.2 Å². The number of amides is 1. The summed E-state index contributed by atoms with van der Waals surface area (Å²) in [5.74, 6) is -1.67. The molecule has 0 spiro atoms. The highest BCUT2D eigenvalue weighted by Crippen LogP contribution is 2.23. The van der Waals surface area contributed by atoms with E-state index in [1.807, 2.05) is 6.92 Å². The Morgan fingerprint density at radius 2 is 2.00 bits per heavy atom. The van der Waals surface area contributed by atoms with Crippen molar-refractivity contribution in [3.63, 3.8) is 0 Å². The molecule has 0 atom stereocenters. The fourth-order valence-electron chi connectivity index (χ4n) is 1.66. The zero-order valence-corrected chi connectivity index (χ0v) is 11.5. The molecule has 1 aromatic heterocycles. The average Bonchev–Trinajstić information content (AvgIpc) is 2.48. The number of aromatic nitrogens is 2. The Kier molecular flexibility index (Phi) is 4.59. The van der Waals surface area contributed by atoms with E-state index >= 15 is 0 Å². The van der Waals surface area contributed by atoms with E-state index in [1.165, 1.54) is 18.2 Å². The number of rotatable bonds is 4. The topological polar surface area (TPSA) is 64.1 Å². The lowest BCUT2D eigenvalue weighted by Gasteiger charge is -2.09. The van der Waals surface area contributed by atoms with Crippen molar-refractivity contribution < 1.29 is 22.7 Å². The normalized spacial score (nSPS) is 11.1. The highest BCUT2D eigenvalue weighted by atomic mass is 19.4. The van der Waals surface area contributed by atoms with Crippen LogP contribution in [0.5, 0.6) is 5.88 Å². The van der Waals surface area contributed by atoms with Gasteiger partial charge < -0.3 is 10.1 Å². The summed E-state index contributed by atoms with van der Waals surface area (Å²) in [6, 6.07) is 9.13. The quantitative estimate of drug-likeness (QED) is 0.942. The number of hydrogen-bond acceptors (Lipinski definition) is 4. The smallest absolute Gasteiger partial charge is 0.471 e. The van der Waals surface area contributed by atoms with Gasteiger partial charge in [0, 0.05) is 17.3 Å². The number of benzene rings is 1. The lowest BCUT2D eigenvalue weighted by molar-refractivity contribution is -0.167. The first-order valence-electron chi connectivity index (χ1n) is 6.35. The maximum absolute atomic E-state index is 12.2. The summed E-state index contributed by atoms with van der Waals surface area (Å²) in [7, 11) is 0. The van der Waals surface area contributed by atoms with Crippen LogP contribution < -0.4 is 10.1 Å². The van der Waals surface area contributed by atoms with Crippen molar-refractivity contribution in [2.45, 2.75) is 13.1 Å². The molecule has 116 valence electrons. The highest BCUT2D eigenvalue weighted by Gasteiger charge is 2.38. The summed E-state index contributed by atoms with van der Waals surface area (Å²) >= 11 is 0. The van der Waals surface area contributed by atoms with Crippen molar-refractivity contribution in [2.24, 2.45) is 0 Å². The van der Waals surface area contributed by atoms with Gasteiger partial charge >= 0.3 is 12.1 Å². The molecule has 0 unspecified atom stereocenters. The van der Waals surface area contributed by atoms with Crippen LogP contribution in [-0.2, 0) is 4.79 Å². The van der Waals surface area contributed by atoms with Crippen molar-refractivity contribution in [3.8, 4) is 17.1 Å². The molecule has 2 aromatic rings. The molecule has 1 heterocycles. The zero-order valence-electron chi connectivity index (χ0n) is 11.5. The number of hydrogen-bond donors (Lipinski definition) is 1. The van der Waals surface area contributed by atoms with Crippen molar-refractivity contribution in [2.75, 3.05) is 11.9 Å². The van der Waals surface area contributed by atoms with E-state index in [1.54, 1.807) is 23.5 Å². The van der Waals surface area contributed by atoms with Gasteiger partial charge in [0.1, 0.15) is 0 Å². The van der Waals surface area contributed by atoms with E-state index in [4.69, 9.17) is 4.74 Å². The van der Waals surface area contributed by atoms with Crippen LogP contribution in [-0.4, -0.2) is 28.9 Å². The first-order valence-corrected chi connectivity index (χ1v) is 6.35. The molecule has 0 fully saturated rings. The number of alkyl halides is 3. The van der Waals surface area contributed by atoms with Crippen LogP contribution in [0.15, 0.2) is 36.4 Å². The fourth-order valence-corrected chi connectivity index (χ4v) is 1.66. The van der Waals surface area contributed by atoms with E-state index in [0.717, 1.165) is 0 Å². The molecule has 0 bridgehead atoms. The summed E-state index contributed by atoms with van der Waals surface area (Å²) in [5.41, 5.74) is 0.998. The van der Waals surface area contributed by atoms with Gasteiger partial charge in [-0.25, -0.2) is 0 Å². The Balaban J connectivity index is 2.19. The molecule has 1 amide bonds. The number of nitrogens with zero attached hydrogens (tertiary/aromatic N) is 2. The number of anilines is 1. The van der Waals surface area contributed by atoms with Crippen LogP contribution in [0.3, 0.4) is 0 Å². The summed E-state index contributed by atoms with van der Waals surface area (Å²) in [6.07, 6.45) is -4.94. The summed E-state index contributed by atoms with van der Waals surface area (Å²) < 4.78 is 41.8. The Morgan fingerprint density at radius 1 is 1.23 bits per heavy atom. The van der Waals surface area contributed by atoms with E-state index < -0.39 is 12.1 Å². The molecule has 0 saturated carbocycles.